The molecule has 0 amide bonds. The highest BCUT2D eigenvalue weighted by atomic mass is 32.1. The Labute approximate surface area is 101 Å². The largest absolute Gasteiger partial charge is 0.469 e. The Morgan fingerprint density at radius 2 is 2.19 bits per heavy atom. The smallest absolute Gasteiger partial charge is 0.311 e. The molecule has 0 aromatic carbocycles. The van der Waals surface area contributed by atoms with Gasteiger partial charge in [-0.15, -0.1) is 11.3 Å². The van der Waals surface area contributed by atoms with Crippen LogP contribution in [0.1, 0.15) is 36.1 Å². The van der Waals surface area contributed by atoms with Crippen molar-refractivity contribution in [2.45, 2.75) is 33.2 Å². The molecule has 0 fully saturated rings. The predicted molar refractivity (Wildman–Crippen MR) is 66.4 cm³/mol. The average Bonchev–Trinajstić information content (AvgIpc) is 2.63. The minimum absolute atomic E-state index is 0.104. The van der Waals surface area contributed by atoms with Crippen molar-refractivity contribution in [1.29, 1.82) is 0 Å². The van der Waals surface area contributed by atoms with Gasteiger partial charge in [0.25, 0.3) is 0 Å². The molecule has 2 N–H and O–H groups in total. The summed E-state index contributed by atoms with van der Waals surface area (Å²) >= 11 is 1.68. The van der Waals surface area contributed by atoms with Gasteiger partial charge in [0.05, 0.1) is 12.5 Å². The maximum Gasteiger partial charge on any atom is 0.311 e. The maximum atomic E-state index is 11.5. The molecule has 0 saturated carbocycles. The highest BCUT2D eigenvalue weighted by Gasteiger charge is 2.31. The molecule has 0 bridgehead atoms. The van der Waals surface area contributed by atoms with Crippen molar-refractivity contribution in [3.8, 4) is 0 Å². The van der Waals surface area contributed by atoms with Crippen LogP contribution in [0.3, 0.4) is 0 Å². The van der Waals surface area contributed by atoms with Gasteiger partial charge in [-0.2, -0.15) is 0 Å². The molecule has 3 nitrogen and oxygen atoms in total. The molecule has 1 heterocycles. The summed E-state index contributed by atoms with van der Waals surface area (Å²) in [5.41, 5.74) is 5.55. The topological polar surface area (TPSA) is 52.3 Å². The van der Waals surface area contributed by atoms with Crippen molar-refractivity contribution >= 4 is 17.3 Å². The van der Waals surface area contributed by atoms with Gasteiger partial charge >= 0.3 is 5.97 Å². The number of hydrogen-bond acceptors (Lipinski definition) is 4. The first kappa shape index (κ1) is 13.2. The van der Waals surface area contributed by atoms with Gasteiger partial charge < -0.3 is 10.5 Å². The average molecular weight is 241 g/mol. The summed E-state index contributed by atoms with van der Waals surface area (Å²) in [5, 5.41) is 0. The monoisotopic (exact) mass is 241 g/mol. The molecule has 1 aromatic heterocycles. The van der Waals surface area contributed by atoms with Crippen LogP contribution in [0.25, 0.3) is 0 Å². The minimum atomic E-state index is -0.536. The quantitative estimate of drug-likeness (QED) is 0.824. The number of esters is 1. The summed E-state index contributed by atoms with van der Waals surface area (Å²) in [6, 6.07) is 3.97. The standard InChI is InChI=1S/C12H19NO2S/c1-8-5-6-10(16-8)9(13)7-12(2,3)11(14)15-4/h5-6,9H,7,13H2,1-4H3. The van der Waals surface area contributed by atoms with Gasteiger partial charge in [-0.3, -0.25) is 4.79 Å². The van der Waals surface area contributed by atoms with Crippen LogP contribution in [0.15, 0.2) is 12.1 Å². The molecule has 0 aliphatic rings. The minimum Gasteiger partial charge on any atom is -0.469 e. The number of methoxy groups -OCH3 is 1. The highest BCUT2D eigenvalue weighted by molar-refractivity contribution is 7.12. The first-order valence-corrected chi connectivity index (χ1v) is 6.09. The Hall–Kier alpha value is -0.870. The highest BCUT2D eigenvalue weighted by Crippen LogP contribution is 2.32. The Balaban J connectivity index is 2.70. The third-order valence-corrected chi connectivity index (χ3v) is 3.73. The predicted octanol–water partition coefficient (Wildman–Crippen LogP) is 2.65. The van der Waals surface area contributed by atoms with E-state index in [0.717, 1.165) is 4.88 Å². The third-order valence-electron chi connectivity index (χ3n) is 2.59. The zero-order valence-electron chi connectivity index (χ0n) is 10.2. The normalized spacial score (nSPS) is 13.6. The fourth-order valence-electron chi connectivity index (χ4n) is 1.66. The molecule has 0 saturated heterocycles. The summed E-state index contributed by atoms with van der Waals surface area (Å²) < 4.78 is 4.77. The van der Waals surface area contributed by atoms with Gasteiger partial charge in [0, 0.05) is 15.8 Å². The molecule has 1 unspecified atom stereocenters. The summed E-state index contributed by atoms with van der Waals surface area (Å²) in [6.45, 7) is 5.77. The van der Waals surface area contributed by atoms with Crippen LogP contribution in [0.4, 0.5) is 0 Å². The molecule has 1 atom stereocenters. The molecule has 16 heavy (non-hydrogen) atoms. The lowest BCUT2D eigenvalue weighted by Crippen LogP contribution is -2.29. The SMILES string of the molecule is COC(=O)C(C)(C)CC(N)c1ccc(C)s1. The van der Waals surface area contributed by atoms with Gasteiger partial charge in [0.1, 0.15) is 0 Å². The van der Waals surface area contributed by atoms with E-state index < -0.39 is 5.41 Å². The summed E-state index contributed by atoms with van der Waals surface area (Å²) in [6.07, 6.45) is 0.597. The maximum absolute atomic E-state index is 11.5. The Morgan fingerprint density at radius 3 is 2.62 bits per heavy atom. The van der Waals surface area contributed by atoms with E-state index in [-0.39, 0.29) is 12.0 Å². The van der Waals surface area contributed by atoms with Crippen molar-refractivity contribution < 1.29 is 9.53 Å². The molecule has 1 rings (SSSR count). The number of thiophene rings is 1. The third kappa shape index (κ3) is 3.06. The van der Waals surface area contributed by atoms with Crippen LogP contribution in [0.5, 0.6) is 0 Å². The van der Waals surface area contributed by atoms with E-state index in [2.05, 4.69) is 0 Å². The number of carbonyl (C=O) groups excluding carboxylic acids is 1. The molecular weight excluding hydrogens is 222 g/mol. The van der Waals surface area contributed by atoms with Crippen LogP contribution in [-0.4, -0.2) is 13.1 Å². The van der Waals surface area contributed by atoms with Gasteiger partial charge in [0.2, 0.25) is 0 Å². The van der Waals surface area contributed by atoms with E-state index >= 15 is 0 Å². The van der Waals surface area contributed by atoms with Crippen molar-refractivity contribution in [3.63, 3.8) is 0 Å². The second-order valence-corrected chi connectivity index (χ2v) is 5.95. The number of aryl methyl sites for hydroxylation is 1. The molecule has 0 aliphatic heterocycles. The zero-order chi connectivity index (χ0) is 12.3. The Kier molecular flexibility index (Phi) is 4.10. The van der Waals surface area contributed by atoms with Gasteiger partial charge in [-0.05, 0) is 39.3 Å². The molecule has 0 spiro atoms. The number of hydrogen-bond donors (Lipinski definition) is 1. The number of carbonyl (C=O) groups is 1. The number of ether oxygens (including phenoxy) is 1. The van der Waals surface area contributed by atoms with Crippen LogP contribution < -0.4 is 5.73 Å². The fraction of sp³-hybridized carbons (Fsp3) is 0.583. The van der Waals surface area contributed by atoms with E-state index in [4.69, 9.17) is 10.5 Å². The molecule has 4 heteroatoms. The molecule has 90 valence electrons. The van der Waals surface area contributed by atoms with E-state index in [1.807, 2.05) is 32.9 Å². The number of nitrogens with two attached hydrogens (primary N) is 1. The van der Waals surface area contributed by atoms with Crippen LogP contribution in [-0.2, 0) is 9.53 Å². The van der Waals surface area contributed by atoms with Crippen LogP contribution in [0, 0.1) is 12.3 Å². The second kappa shape index (κ2) is 4.97. The van der Waals surface area contributed by atoms with E-state index in [1.165, 1.54) is 12.0 Å². The first-order chi connectivity index (χ1) is 7.36. The van der Waals surface area contributed by atoms with Crippen molar-refractivity contribution in [2.24, 2.45) is 11.1 Å². The lowest BCUT2D eigenvalue weighted by Gasteiger charge is -2.24. The summed E-state index contributed by atoms with van der Waals surface area (Å²) in [7, 11) is 1.41. The number of rotatable bonds is 4. The molecule has 0 radical (unpaired) electrons. The lowest BCUT2D eigenvalue weighted by atomic mass is 9.85. The lowest BCUT2D eigenvalue weighted by molar-refractivity contribution is -0.151. The Bertz CT molecular complexity index is 371. The second-order valence-electron chi connectivity index (χ2n) is 4.63. The van der Waals surface area contributed by atoms with Crippen molar-refractivity contribution in [1.82, 2.24) is 0 Å². The molecule has 0 aliphatic carbocycles. The Morgan fingerprint density at radius 1 is 1.56 bits per heavy atom. The summed E-state index contributed by atoms with van der Waals surface area (Å²) in [4.78, 5) is 13.9. The summed E-state index contributed by atoms with van der Waals surface area (Å²) in [5.74, 6) is -0.212. The molecular formula is C12H19NO2S. The van der Waals surface area contributed by atoms with Crippen molar-refractivity contribution in [2.75, 3.05) is 7.11 Å². The fourth-order valence-corrected chi connectivity index (χ4v) is 2.54. The van der Waals surface area contributed by atoms with Crippen molar-refractivity contribution in [3.05, 3.63) is 21.9 Å². The zero-order valence-corrected chi connectivity index (χ0v) is 11.1. The van der Waals surface area contributed by atoms with E-state index in [0.29, 0.717) is 6.42 Å². The van der Waals surface area contributed by atoms with Crippen LogP contribution >= 0.6 is 11.3 Å². The van der Waals surface area contributed by atoms with Gasteiger partial charge in [-0.1, -0.05) is 0 Å². The first-order valence-electron chi connectivity index (χ1n) is 5.27. The van der Waals surface area contributed by atoms with E-state index in [9.17, 15) is 4.79 Å². The van der Waals surface area contributed by atoms with Crippen LogP contribution in [0.2, 0.25) is 0 Å². The van der Waals surface area contributed by atoms with Gasteiger partial charge in [-0.25, -0.2) is 0 Å². The van der Waals surface area contributed by atoms with Gasteiger partial charge in [0.15, 0.2) is 0 Å². The molecule has 1 aromatic rings. The van der Waals surface area contributed by atoms with E-state index in [1.54, 1.807) is 11.3 Å².